The molecule has 3 aromatic rings. The molecular weight excluding hydrogens is 707 g/mol. The number of hydrogen-bond donors (Lipinski definition) is 0. The average molecular weight is 757 g/mol. The first-order valence-electron chi connectivity index (χ1n) is 19.0. The summed E-state index contributed by atoms with van der Waals surface area (Å²) < 4.78 is 45.6. The van der Waals surface area contributed by atoms with E-state index in [1.165, 1.54) is 0 Å². The molecule has 1 saturated carbocycles. The molecule has 0 aromatic heterocycles. The molecule has 5 rings (SSSR count). The number of esters is 4. The van der Waals surface area contributed by atoms with Gasteiger partial charge in [0.2, 0.25) is 5.83 Å². The van der Waals surface area contributed by atoms with Crippen LogP contribution in [0.15, 0.2) is 85.2 Å². The highest BCUT2D eigenvalue weighted by Gasteiger charge is 2.27. The van der Waals surface area contributed by atoms with Crippen molar-refractivity contribution in [3.05, 3.63) is 102 Å². The molecule has 0 saturated heterocycles. The maximum absolute atomic E-state index is 13.0. The van der Waals surface area contributed by atoms with Crippen molar-refractivity contribution < 1.29 is 52.0 Å². The highest BCUT2D eigenvalue weighted by atomic mass is 19.1. The van der Waals surface area contributed by atoms with Crippen LogP contribution in [0.2, 0.25) is 0 Å². The molecule has 0 radical (unpaired) electrons. The fourth-order valence-corrected chi connectivity index (χ4v) is 6.63. The summed E-state index contributed by atoms with van der Waals surface area (Å²) in [7, 11) is 0. The number of rotatable bonds is 20. The van der Waals surface area contributed by atoms with Gasteiger partial charge in [0, 0.05) is 17.9 Å². The maximum Gasteiger partial charge on any atom is 0.366 e. The summed E-state index contributed by atoms with van der Waals surface area (Å²) in [6, 6.07) is 18.4. The van der Waals surface area contributed by atoms with Crippen LogP contribution in [0.4, 0.5) is 4.39 Å². The molecule has 0 amide bonds. The van der Waals surface area contributed by atoms with Gasteiger partial charge in [-0.3, -0.25) is 4.79 Å². The first-order chi connectivity index (χ1) is 26.6. The van der Waals surface area contributed by atoms with E-state index >= 15 is 0 Å². The summed E-state index contributed by atoms with van der Waals surface area (Å²) in [5.74, 6) is -1.82. The number of carbonyl (C=O) groups is 4. The van der Waals surface area contributed by atoms with Crippen LogP contribution in [0.3, 0.4) is 0 Å². The molecule has 0 spiro atoms. The quantitative estimate of drug-likeness (QED) is 0.0363. The fraction of sp³-hybridized carbons (Fsp3) is 0.409. The van der Waals surface area contributed by atoms with Gasteiger partial charge in [-0.2, -0.15) is 4.39 Å². The van der Waals surface area contributed by atoms with Gasteiger partial charge in [0.25, 0.3) is 0 Å². The topological polar surface area (TPSA) is 124 Å². The summed E-state index contributed by atoms with van der Waals surface area (Å²) in [6.07, 6.45) is 8.31. The molecule has 55 heavy (non-hydrogen) atoms. The van der Waals surface area contributed by atoms with E-state index in [0.717, 1.165) is 73.6 Å². The van der Waals surface area contributed by atoms with Gasteiger partial charge in [-0.1, -0.05) is 38.6 Å². The second kappa shape index (κ2) is 20.3. The summed E-state index contributed by atoms with van der Waals surface area (Å²) in [5.41, 5.74) is 4.77. The number of carbonyl (C=O) groups excluding carboxylic acids is 4. The van der Waals surface area contributed by atoms with Crippen molar-refractivity contribution in [1.29, 1.82) is 0 Å². The minimum absolute atomic E-state index is 0.0415. The number of halogens is 1. The van der Waals surface area contributed by atoms with Crippen LogP contribution < -0.4 is 14.2 Å². The number of ether oxygens (including phenoxy) is 6. The van der Waals surface area contributed by atoms with Crippen molar-refractivity contribution in [2.45, 2.75) is 89.6 Å². The van der Waals surface area contributed by atoms with Crippen LogP contribution in [0.25, 0.3) is 11.1 Å². The lowest BCUT2D eigenvalue weighted by Gasteiger charge is -2.21. The predicted molar refractivity (Wildman–Crippen MR) is 204 cm³/mol. The van der Waals surface area contributed by atoms with Crippen LogP contribution in [0.1, 0.15) is 105 Å². The standard InChI is InChI=1S/C44H49FO10/c1-29(26-41(46)54-34-12-7-6-8-13-34)42(47)52-25-11-24-51-35-18-20-37-38-21-19-36(28-40(38)30(2)39(37)27-35)55-44(49)32-14-16-33(17-15-32)50-22-9-4-5-10-23-53-43(48)31(3)45/h14-21,27-28,30,34H,1,3-13,22-26H2,2H3. The Balaban J connectivity index is 1.00. The zero-order chi connectivity index (χ0) is 39.2. The van der Waals surface area contributed by atoms with Crippen LogP contribution in [0, 0.1) is 0 Å². The first-order valence-corrected chi connectivity index (χ1v) is 19.0. The molecule has 0 heterocycles. The third-order valence-corrected chi connectivity index (χ3v) is 9.62. The molecule has 2 aliphatic rings. The molecule has 1 unspecified atom stereocenters. The molecular formula is C44H49FO10. The smallest absolute Gasteiger partial charge is 0.366 e. The lowest BCUT2D eigenvalue weighted by atomic mass is 9.98. The van der Waals surface area contributed by atoms with Crippen LogP contribution in [-0.4, -0.2) is 56.4 Å². The van der Waals surface area contributed by atoms with Crippen LogP contribution in [-0.2, 0) is 28.6 Å². The lowest BCUT2D eigenvalue weighted by Crippen LogP contribution is -2.22. The molecule has 1 fully saturated rings. The van der Waals surface area contributed by atoms with Crippen LogP contribution >= 0.6 is 0 Å². The zero-order valence-corrected chi connectivity index (χ0v) is 31.4. The third kappa shape index (κ3) is 12.0. The Bertz CT molecular complexity index is 1840. The molecule has 11 heteroatoms. The molecule has 3 aromatic carbocycles. The maximum atomic E-state index is 13.0. The Hall–Kier alpha value is -5.45. The van der Waals surface area contributed by atoms with Gasteiger partial charge in [-0.05, 0) is 122 Å². The van der Waals surface area contributed by atoms with Crippen molar-refractivity contribution in [2.75, 3.05) is 26.4 Å². The number of unbranched alkanes of at least 4 members (excludes halogenated alkanes) is 3. The Morgan fingerprint density at radius 1 is 0.673 bits per heavy atom. The van der Waals surface area contributed by atoms with E-state index in [1.54, 1.807) is 30.3 Å². The van der Waals surface area contributed by atoms with Gasteiger partial charge in [0.15, 0.2) is 0 Å². The molecule has 10 nitrogen and oxygen atoms in total. The van der Waals surface area contributed by atoms with Gasteiger partial charge in [0.1, 0.15) is 23.4 Å². The predicted octanol–water partition coefficient (Wildman–Crippen LogP) is 9.14. The van der Waals surface area contributed by atoms with Crippen LogP contribution in [0.5, 0.6) is 17.2 Å². The Morgan fingerprint density at radius 3 is 1.93 bits per heavy atom. The van der Waals surface area contributed by atoms with E-state index < -0.39 is 29.7 Å². The largest absolute Gasteiger partial charge is 0.494 e. The monoisotopic (exact) mass is 756 g/mol. The minimum atomic E-state index is -1.09. The highest BCUT2D eigenvalue weighted by molar-refractivity contribution is 5.93. The average Bonchev–Trinajstić information content (AvgIpc) is 3.45. The molecule has 0 N–H and O–H groups in total. The normalized spacial score (nSPS) is 14.5. The lowest BCUT2D eigenvalue weighted by molar-refractivity contribution is -0.151. The summed E-state index contributed by atoms with van der Waals surface area (Å²) in [6.45, 7) is 9.81. The van der Waals surface area contributed by atoms with E-state index in [2.05, 4.69) is 20.1 Å². The SMILES string of the molecule is C=C(F)C(=O)OCCCCCCOc1ccc(C(=O)Oc2ccc3c(c2)C(C)c2cc(OCCCOC(=O)C(=C)CC(=O)OC4CCCCC4)ccc2-3)cc1. The van der Waals surface area contributed by atoms with Crippen molar-refractivity contribution in [3.63, 3.8) is 0 Å². The van der Waals surface area contributed by atoms with E-state index in [0.29, 0.717) is 48.9 Å². The number of fused-ring (bicyclic) bond motifs is 3. The molecule has 292 valence electrons. The summed E-state index contributed by atoms with van der Waals surface area (Å²) in [5, 5.41) is 0. The molecule has 1 atom stereocenters. The molecule has 2 aliphatic carbocycles. The van der Waals surface area contributed by atoms with Gasteiger partial charge >= 0.3 is 23.9 Å². The minimum Gasteiger partial charge on any atom is -0.494 e. The fourth-order valence-electron chi connectivity index (χ4n) is 6.63. The second-order valence-corrected chi connectivity index (χ2v) is 13.8. The van der Waals surface area contributed by atoms with Gasteiger partial charge in [-0.25, -0.2) is 14.4 Å². The summed E-state index contributed by atoms with van der Waals surface area (Å²) >= 11 is 0. The van der Waals surface area contributed by atoms with Gasteiger partial charge in [-0.15, -0.1) is 0 Å². The van der Waals surface area contributed by atoms with E-state index in [1.807, 2.05) is 30.3 Å². The van der Waals surface area contributed by atoms with E-state index in [-0.39, 0.29) is 37.2 Å². The Labute approximate surface area is 321 Å². The van der Waals surface area contributed by atoms with E-state index in [9.17, 15) is 23.6 Å². The summed E-state index contributed by atoms with van der Waals surface area (Å²) in [4.78, 5) is 48.5. The van der Waals surface area contributed by atoms with Crippen molar-refractivity contribution in [2.24, 2.45) is 0 Å². The molecule has 0 bridgehead atoms. The van der Waals surface area contributed by atoms with Crippen molar-refractivity contribution in [1.82, 2.24) is 0 Å². The number of benzene rings is 3. The Kier molecular flexibility index (Phi) is 15.0. The third-order valence-electron chi connectivity index (χ3n) is 9.62. The second-order valence-electron chi connectivity index (χ2n) is 13.8. The van der Waals surface area contributed by atoms with Crippen molar-refractivity contribution >= 4 is 23.9 Å². The van der Waals surface area contributed by atoms with Gasteiger partial charge in [0.05, 0.1) is 38.4 Å². The Morgan fingerprint density at radius 2 is 1.24 bits per heavy atom. The van der Waals surface area contributed by atoms with Gasteiger partial charge < -0.3 is 28.4 Å². The highest BCUT2D eigenvalue weighted by Crippen LogP contribution is 2.47. The number of hydrogen-bond acceptors (Lipinski definition) is 10. The first kappa shape index (κ1) is 40.7. The zero-order valence-electron chi connectivity index (χ0n) is 31.4. The van der Waals surface area contributed by atoms with E-state index in [4.69, 9.17) is 28.4 Å². The molecule has 0 aliphatic heterocycles. The van der Waals surface area contributed by atoms with Crippen molar-refractivity contribution in [3.8, 4) is 28.4 Å².